The normalized spacial score (nSPS) is 18.4. The van der Waals surface area contributed by atoms with Crippen molar-refractivity contribution in [1.29, 1.82) is 0 Å². The average Bonchev–Trinajstić information content (AvgIpc) is 2.41. The van der Waals surface area contributed by atoms with Gasteiger partial charge in [0.25, 0.3) is 0 Å². The zero-order valence-electron chi connectivity index (χ0n) is 13.3. The number of piperazine rings is 1. The fourth-order valence-electron chi connectivity index (χ4n) is 2.62. The molecular formula is C16H28N4. The second kappa shape index (κ2) is 6.66. The van der Waals surface area contributed by atoms with E-state index in [9.17, 15) is 0 Å². The van der Waals surface area contributed by atoms with Crippen LogP contribution in [0.5, 0.6) is 0 Å². The molecule has 0 amide bonds. The molecule has 4 heteroatoms. The van der Waals surface area contributed by atoms with Gasteiger partial charge in [0.1, 0.15) is 0 Å². The molecule has 0 radical (unpaired) electrons. The first-order chi connectivity index (χ1) is 9.47. The summed E-state index contributed by atoms with van der Waals surface area (Å²) in [6.45, 7) is 13.2. The Kier molecular flexibility index (Phi) is 5.13. The van der Waals surface area contributed by atoms with Crippen LogP contribution in [0.25, 0.3) is 0 Å². The molecule has 0 aromatic carbocycles. The third-order valence-electron chi connectivity index (χ3n) is 4.20. The lowest BCUT2D eigenvalue weighted by Crippen LogP contribution is -2.57. The quantitative estimate of drug-likeness (QED) is 0.883. The molecule has 0 saturated carbocycles. The highest BCUT2D eigenvalue weighted by Gasteiger charge is 2.28. The Labute approximate surface area is 123 Å². The summed E-state index contributed by atoms with van der Waals surface area (Å²) in [6, 6.07) is 4.22. The zero-order chi connectivity index (χ0) is 14.6. The highest BCUT2D eigenvalue weighted by Crippen LogP contribution is 2.15. The monoisotopic (exact) mass is 276 g/mol. The molecule has 1 aromatic heterocycles. The maximum absolute atomic E-state index is 4.44. The summed E-state index contributed by atoms with van der Waals surface area (Å²) in [5.41, 5.74) is 2.53. The molecule has 112 valence electrons. The largest absolute Gasteiger partial charge is 0.309 e. The molecule has 0 aliphatic carbocycles. The standard InChI is InChI=1S/C16H28N4/c1-14-5-6-15(18-11-14)12-17-13-16(2,3)20-9-7-19(4)8-10-20/h5-6,11,17H,7-10,12-13H2,1-4H3. The predicted molar refractivity (Wildman–Crippen MR) is 83.8 cm³/mol. The van der Waals surface area contributed by atoms with Gasteiger partial charge in [0, 0.05) is 51.0 Å². The SMILES string of the molecule is Cc1ccc(CNCC(C)(C)N2CCN(C)CC2)nc1. The maximum atomic E-state index is 4.44. The van der Waals surface area contributed by atoms with Crippen LogP contribution >= 0.6 is 0 Å². The second-order valence-electron chi connectivity index (χ2n) is 6.53. The van der Waals surface area contributed by atoms with Crippen LogP contribution in [0.15, 0.2) is 18.3 Å². The van der Waals surface area contributed by atoms with E-state index in [1.54, 1.807) is 0 Å². The van der Waals surface area contributed by atoms with Gasteiger partial charge >= 0.3 is 0 Å². The van der Waals surface area contributed by atoms with Crippen LogP contribution in [-0.2, 0) is 6.54 Å². The topological polar surface area (TPSA) is 31.4 Å². The lowest BCUT2D eigenvalue weighted by atomic mass is 10.0. The lowest BCUT2D eigenvalue weighted by molar-refractivity contribution is 0.0617. The van der Waals surface area contributed by atoms with Crippen LogP contribution in [0.3, 0.4) is 0 Å². The molecule has 1 aliphatic heterocycles. The number of nitrogens with zero attached hydrogens (tertiary/aromatic N) is 3. The van der Waals surface area contributed by atoms with Crippen LogP contribution in [0.1, 0.15) is 25.1 Å². The number of pyridine rings is 1. The molecule has 20 heavy (non-hydrogen) atoms. The van der Waals surface area contributed by atoms with E-state index in [-0.39, 0.29) is 5.54 Å². The van der Waals surface area contributed by atoms with E-state index in [0.29, 0.717) is 0 Å². The van der Waals surface area contributed by atoms with Crippen molar-refractivity contribution in [2.24, 2.45) is 0 Å². The van der Waals surface area contributed by atoms with Crippen LogP contribution in [0.4, 0.5) is 0 Å². The summed E-state index contributed by atoms with van der Waals surface area (Å²) in [5, 5.41) is 3.55. The van der Waals surface area contributed by atoms with Crippen LogP contribution < -0.4 is 5.32 Å². The molecule has 0 unspecified atom stereocenters. The number of aromatic nitrogens is 1. The van der Waals surface area contributed by atoms with E-state index in [0.717, 1.165) is 31.9 Å². The number of aryl methyl sites for hydroxylation is 1. The molecule has 2 heterocycles. The Morgan fingerprint density at radius 1 is 1.20 bits per heavy atom. The number of rotatable bonds is 5. The van der Waals surface area contributed by atoms with Crippen molar-refractivity contribution in [3.05, 3.63) is 29.6 Å². The molecule has 0 bridgehead atoms. The van der Waals surface area contributed by atoms with Gasteiger partial charge in [0.2, 0.25) is 0 Å². The minimum Gasteiger partial charge on any atom is -0.309 e. The Morgan fingerprint density at radius 2 is 1.90 bits per heavy atom. The highest BCUT2D eigenvalue weighted by molar-refractivity contribution is 5.12. The predicted octanol–water partition coefficient (Wildman–Crippen LogP) is 1.51. The summed E-state index contributed by atoms with van der Waals surface area (Å²) in [7, 11) is 2.20. The molecular weight excluding hydrogens is 248 g/mol. The van der Waals surface area contributed by atoms with Crippen molar-refractivity contribution < 1.29 is 0 Å². The summed E-state index contributed by atoms with van der Waals surface area (Å²) in [4.78, 5) is 9.42. The fraction of sp³-hybridized carbons (Fsp3) is 0.688. The minimum absolute atomic E-state index is 0.200. The Hall–Kier alpha value is -0.970. The summed E-state index contributed by atoms with van der Waals surface area (Å²) in [5.74, 6) is 0. The number of nitrogens with one attached hydrogen (secondary N) is 1. The van der Waals surface area contributed by atoms with Gasteiger partial charge in [-0.3, -0.25) is 9.88 Å². The lowest BCUT2D eigenvalue weighted by Gasteiger charge is -2.43. The van der Waals surface area contributed by atoms with E-state index in [4.69, 9.17) is 0 Å². The Morgan fingerprint density at radius 3 is 2.50 bits per heavy atom. The van der Waals surface area contributed by atoms with Gasteiger partial charge in [-0.1, -0.05) is 6.07 Å². The highest BCUT2D eigenvalue weighted by atomic mass is 15.3. The maximum Gasteiger partial charge on any atom is 0.0541 e. The molecule has 1 saturated heterocycles. The van der Waals surface area contributed by atoms with E-state index < -0.39 is 0 Å². The first-order valence-electron chi connectivity index (χ1n) is 7.53. The minimum atomic E-state index is 0.200. The smallest absolute Gasteiger partial charge is 0.0541 e. The second-order valence-corrected chi connectivity index (χ2v) is 6.53. The summed E-state index contributed by atoms with van der Waals surface area (Å²) >= 11 is 0. The van der Waals surface area contributed by atoms with Crippen molar-refractivity contribution in [2.75, 3.05) is 39.8 Å². The third-order valence-corrected chi connectivity index (χ3v) is 4.20. The Bertz CT molecular complexity index is 405. The van der Waals surface area contributed by atoms with E-state index in [1.165, 1.54) is 18.7 Å². The van der Waals surface area contributed by atoms with Gasteiger partial charge in [-0.2, -0.15) is 0 Å². The van der Waals surface area contributed by atoms with Gasteiger partial charge < -0.3 is 10.2 Å². The van der Waals surface area contributed by atoms with Crippen molar-refractivity contribution in [2.45, 2.75) is 32.9 Å². The van der Waals surface area contributed by atoms with E-state index >= 15 is 0 Å². The first-order valence-corrected chi connectivity index (χ1v) is 7.53. The van der Waals surface area contributed by atoms with Crippen molar-refractivity contribution in [3.8, 4) is 0 Å². The molecule has 1 aliphatic rings. The Balaban J connectivity index is 1.78. The third kappa shape index (κ3) is 4.27. The number of hydrogen-bond donors (Lipinski definition) is 1. The molecule has 1 fully saturated rings. The molecule has 0 spiro atoms. The van der Waals surface area contributed by atoms with Crippen molar-refractivity contribution in [3.63, 3.8) is 0 Å². The summed E-state index contributed by atoms with van der Waals surface area (Å²) in [6.07, 6.45) is 1.93. The number of hydrogen-bond acceptors (Lipinski definition) is 4. The molecule has 0 atom stereocenters. The van der Waals surface area contributed by atoms with Crippen LogP contribution in [-0.4, -0.2) is 60.1 Å². The summed E-state index contributed by atoms with van der Waals surface area (Å²) < 4.78 is 0. The fourth-order valence-corrected chi connectivity index (χ4v) is 2.62. The van der Waals surface area contributed by atoms with Gasteiger partial charge in [0.05, 0.1) is 5.69 Å². The van der Waals surface area contributed by atoms with Gasteiger partial charge in [-0.15, -0.1) is 0 Å². The van der Waals surface area contributed by atoms with E-state index in [2.05, 4.69) is 60.1 Å². The molecule has 4 nitrogen and oxygen atoms in total. The van der Waals surface area contributed by atoms with E-state index in [1.807, 2.05) is 6.20 Å². The van der Waals surface area contributed by atoms with Crippen LogP contribution in [0, 0.1) is 6.92 Å². The molecule has 1 aromatic rings. The van der Waals surface area contributed by atoms with Crippen molar-refractivity contribution >= 4 is 0 Å². The zero-order valence-corrected chi connectivity index (χ0v) is 13.3. The number of likely N-dealkylation sites (N-methyl/N-ethyl adjacent to an activating group) is 1. The molecule has 1 N–H and O–H groups in total. The van der Waals surface area contributed by atoms with Gasteiger partial charge in [-0.05, 0) is 39.4 Å². The average molecular weight is 276 g/mol. The van der Waals surface area contributed by atoms with Crippen molar-refractivity contribution in [1.82, 2.24) is 20.1 Å². The van der Waals surface area contributed by atoms with Crippen LogP contribution in [0.2, 0.25) is 0 Å². The molecule has 2 rings (SSSR count). The van der Waals surface area contributed by atoms with Gasteiger partial charge in [0.15, 0.2) is 0 Å². The first kappa shape index (κ1) is 15.4. The van der Waals surface area contributed by atoms with Gasteiger partial charge in [-0.25, -0.2) is 0 Å².